The second-order valence-corrected chi connectivity index (χ2v) is 5.55. The Morgan fingerprint density at radius 2 is 1.83 bits per heavy atom. The molecule has 3 nitrogen and oxygen atoms in total. The van der Waals surface area contributed by atoms with Crippen molar-refractivity contribution in [3.63, 3.8) is 0 Å². The molecular weight excluding hydrogens is 312 g/mol. The van der Waals surface area contributed by atoms with Crippen molar-refractivity contribution in [2.24, 2.45) is 0 Å². The summed E-state index contributed by atoms with van der Waals surface area (Å²) in [5, 5.41) is 0. The summed E-state index contributed by atoms with van der Waals surface area (Å²) in [7, 11) is 0. The number of halogens is 4. The number of amides is 1. The van der Waals surface area contributed by atoms with E-state index in [1.54, 1.807) is 0 Å². The Bertz CT molecular complexity index is 709. The van der Waals surface area contributed by atoms with E-state index >= 15 is 0 Å². The van der Waals surface area contributed by atoms with Crippen LogP contribution in [0.25, 0.3) is 0 Å². The third kappa shape index (κ3) is 3.23. The monoisotopic (exact) mass is 326 g/mol. The number of alkyl halides is 3. The molecule has 1 aliphatic rings. The van der Waals surface area contributed by atoms with Gasteiger partial charge in [0.2, 0.25) is 0 Å². The maximum atomic E-state index is 13.4. The summed E-state index contributed by atoms with van der Waals surface area (Å²) in [6, 6.07) is 5.77. The van der Waals surface area contributed by atoms with Crippen molar-refractivity contribution in [2.45, 2.75) is 18.6 Å². The molecular formula is C16H14F4N2O. The standard InChI is InChI=1S/C16H14F4N2O/c17-13-8-11(7-12(9-13)16(18,19)20)15(23)22-6-3-14(10-22)21-4-1-2-5-21/h1-2,4-5,7-9,14H,3,6,10H2. The van der Waals surface area contributed by atoms with Crippen molar-refractivity contribution in [3.8, 4) is 0 Å². The van der Waals surface area contributed by atoms with E-state index in [1.165, 1.54) is 4.90 Å². The SMILES string of the molecule is O=C(c1cc(F)cc(C(F)(F)F)c1)N1CCC(n2cccc2)C1. The summed E-state index contributed by atoms with van der Waals surface area (Å²) < 4.78 is 53.6. The van der Waals surface area contributed by atoms with Crippen molar-refractivity contribution in [1.82, 2.24) is 9.47 Å². The zero-order chi connectivity index (χ0) is 16.6. The van der Waals surface area contributed by atoms with E-state index in [0.29, 0.717) is 31.6 Å². The van der Waals surface area contributed by atoms with E-state index in [2.05, 4.69) is 0 Å². The van der Waals surface area contributed by atoms with Crippen LogP contribution in [0.15, 0.2) is 42.7 Å². The van der Waals surface area contributed by atoms with Crippen LogP contribution in [0.3, 0.4) is 0 Å². The van der Waals surface area contributed by atoms with Gasteiger partial charge in [0.15, 0.2) is 0 Å². The summed E-state index contributed by atoms with van der Waals surface area (Å²) in [5.74, 6) is -1.64. The van der Waals surface area contributed by atoms with E-state index in [4.69, 9.17) is 0 Å². The van der Waals surface area contributed by atoms with Crippen LogP contribution in [0.1, 0.15) is 28.4 Å². The molecule has 0 radical (unpaired) electrons. The molecule has 0 N–H and O–H groups in total. The zero-order valence-corrected chi connectivity index (χ0v) is 12.1. The first-order valence-electron chi connectivity index (χ1n) is 7.14. The second kappa shape index (κ2) is 5.72. The van der Waals surface area contributed by atoms with Crippen molar-refractivity contribution in [3.05, 3.63) is 59.7 Å². The Morgan fingerprint density at radius 1 is 1.13 bits per heavy atom. The van der Waals surface area contributed by atoms with Gasteiger partial charge in [0.05, 0.1) is 11.6 Å². The van der Waals surface area contributed by atoms with Gasteiger partial charge in [-0.3, -0.25) is 4.79 Å². The summed E-state index contributed by atoms with van der Waals surface area (Å²) in [6.07, 6.45) is -0.219. The van der Waals surface area contributed by atoms with E-state index in [1.807, 2.05) is 29.1 Å². The second-order valence-electron chi connectivity index (χ2n) is 5.55. The molecule has 1 aromatic carbocycles. The normalized spacial score (nSPS) is 18.4. The van der Waals surface area contributed by atoms with Crippen molar-refractivity contribution in [2.75, 3.05) is 13.1 Å². The number of rotatable bonds is 2. The van der Waals surface area contributed by atoms with Crippen LogP contribution in [0.5, 0.6) is 0 Å². The lowest BCUT2D eigenvalue weighted by atomic mass is 10.1. The van der Waals surface area contributed by atoms with Crippen molar-refractivity contribution in [1.29, 1.82) is 0 Å². The summed E-state index contributed by atoms with van der Waals surface area (Å²) in [5.41, 5.74) is -1.42. The molecule has 122 valence electrons. The number of likely N-dealkylation sites (tertiary alicyclic amines) is 1. The molecule has 0 aliphatic carbocycles. The Hall–Kier alpha value is -2.31. The summed E-state index contributed by atoms with van der Waals surface area (Å²) in [6.45, 7) is 0.824. The predicted molar refractivity (Wildman–Crippen MR) is 75.4 cm³/mol. The van der Waals surface area contributed by atoms with Crippen molar-refractivity contribution < 1.29 is 22.4 Å². The van der Waals surface area contributed by atoms with Gasteiger partial charge in [-0.2, -0.15) is 13.2 Å². The Balaban J connectivity index is 1.80. The molecule has 0 spiro atoms. The first kappa shape index (κ1) is 15.6. The van der Waals surface area contributed by atoms with E-state index < -0.39 is 23.5 Å². The number of hydrogen-bond acceptors (Lipinski definition) is 1. The van der Waals surface area contributed by atoms with Crippen LogP contribution in [0.4, 0.5) is 17.6 Å². The highest BCUT2D eigenvalue weighted by Gasteiger charge is 2.33. The molecule has 2 aromatic rings. The minimum Gasteiger partial charge on any atom is -0.349 e. The van der Waals surface area contributed by atoms with Crippen LogP contribution in [-0.4, -0.2) is 28.5 Å². The van der Waals surface area contributed by atoms with Crippen LogP contribution in [-0.2, 0) is 6.18 Å². The fourth-order valence-electron chi connectivity index (χ4n) is 2.82. The van der Waals surface area contributed by atoms with Gasteiger partial charge in [-0.05, 0) is 36.8 Å². The minimum atomic E-state index is -4.68. The summed E-state index contributed by atoms with van der Waals surface area (Å²) >= 11 is 0. The average molecular weight is 326 g/mol. The van der Waals surface area contributed by atoms with Gasteiger partial charge in [-0.15, -0.1) is 0 Å². The molecule has 0 bridgehead atoms. The van der Waals surface area contributed by atoms with Crippen LogP contribution < -0.4 is 0 Å². The first-order chi connectivity index (χ1) is 10.8. The third-order valence-corrected chi connectivity index (χ3v) is 3.97. The van der Waals surface area contributed by atoms with Gasteiger partial charge in [0.25, 0.3) is 5.91 Å². The zero-order valence-electron chi connectivity index (χ0n) is 12.1. The fraction of sp³-hybridized carbons (Fsp3) is 0.312. The molecule has 2 heterocycles. The summed E-state index contributed by atoms with van der Waals surface area (Å²) in [4.78, 5) is 13.8. The molecule has 1 aliphatic heterocycles. The number of carbonyl (C=O) groups excluding carboxylic acids is 1. The van der Waals surface area contributed by atoms with Gasteiger partial charge in [-0.1, -0.05) is 0 Å². The van der Waals surface area contributed by atoms with Crippen LogP contribution in [0.2, 0.25) is 0 Å². The number of hydrogen-bond donors (Lipinski definition) is 0. The topological polar surface area (TPSA) is 25.2 Å². The fourth-order valence-corrected chi connectivity index (χ4v) is 2.82. The highest BCUT2D eigenvalue weighted by atomic mass is 19.4. The van der Waals surface area contributed by atoms with E-state index in [0.717, 1.165) is 6.07 Å². The van der Waals surface area contributed by atoms with E-state index in [9.17, 15) is 22.4 Å². The molecule has 1 unspecified atom stereocenters. The highest BCUT2D eigenvalue weighted by Crippen LogP contribution is 2.31. The molecule has 1 amide bonds. The first-order valence-corrected chi connectivity index (χ1v) is 7.14. The molecule has 1 saturated heterocycles. The van der Waals surface area contributed by atoms with Gasteiger partial charge in [-0.25, -0.2) is 4.39 Å². The van der Waals surface area contributed by atoms with Crippen LogP contribution in [0, 0.1) is 5.82 Å². The quantitative estimate of drug-likeness (QED) is 0.772. The smallest absolute Gasteiger partial charge is 0.349 e. The molecule has 1 atom stereocenters. The number of nitrogens with zero attached hydrogens (tertiary/aromatic N) is 2. The Morgan fingerprint density at radius 3 is 2.48 bits per heavy atom. The average Bonchev–Trinajstić information content (AvgIpc) is 3.15. The van der Waals surface area contributed by atoms with Gasteiger partial charge >= 0.3 is 6.18 Å². The maximum absolute atomic E-state index is 13.4. The maximum Gasteiger partial charge on any atom is 0.416 e. The van der Waals surface area contributed by atoms with Gasteiger partial charge in [0.1, 0.15) is 5.82 Å². The number of aromatic nitrogens is 1. The Kier molecular flexibility index (Phi) is 3.87. The highest BCUT2D eigenvalue weighted by molar-refractivity contribution is 5.94. The molecule has 1 fully saturated rings. The molecule has 1 aromatic heterocycles. The molecule has 0 saturated carbocycles. The lowest BCUT2D eigenvalue weighted by molar-refractivity contribution is -0.137. The van der Waals surface area contributed by atoms with Crippen molar-refractivity contribution >= 4 is 5.91 Å². The van der Waals surface area contributed by atoms with Crippen LogP contribution >= 0.6 is 0 Å². The number of carbonyl (C=O) groups is 1. The van der Waals surface area contributed by atoms with E-state index in [-0.39, 0.29) is 11.6 Å². The number of benzene rings is 1. The largest absolute Gasteiger partial charge is 0.416 e. The van der Waals surface area contributed by atoms with Gasteiger partial charge in [0, 0.05) is 31.0 Å². The lowest BCUT2D eigenvalue weighted by Crippen LogP contribution is -2.29. The Labute approximate surface area is 130 Å². The lowest BCUT2D eigenvalue weighted by Gasteiger charge is -2.18. The third-order valence-electron chi connectivity index (χ3n) is 3.97. The molecule has 23 heavy (non-hydrogen) atoms. The minimum absolute atomic E-state index is 0.0876. The molecule has 7 heteroatoms. The van der Waals surface area contributed by atoms with Gasteiger partial charge < -0.3 is 9.47 Å². The molecule has 3 rings (SSSR count). The predicted octanol–water partition coefficient (Wildman–Crippen LogP) is 3.73.